The quantitative estimate of drug-likeness (QED) is 0.777. The minimum Gasteiger partial charge on any atom is -0.351 e. The Hall–Kier alpha value is -2.61. The summed E-state index contributed by atoms with van der Waals surface area (Å²) in [6.07, 6.45) is 3.66. The van der Waals surface area contributed by atoms with E-state index in [4.69, 9.17) is 0 Å². The maximum atomic E-state index is 13.7. The average Bonchev–Trinajstić information content (AvgIpc) is 3.17. The van der Waals surface area contributed by atoms with Crippen molar-refractivity contribution in [3.8, 4) is 10.6 Å². The van der Waals surface area contributed by atoms with Crippen LogP contribution in [-0.4, -0.2) is 32.2 Å². The van der Waals surface area contributed by atoms with Gasteiger partial charge in [-0.25, -0.2) is 9.37 Å². The maximum Gasteiger partial charge on any atom is 0.263 e. The predicted octanol–water partition coefficient (Wildman–Crippen LogP) is 2.05. The van der Waals surface area contributed by atoms with Gasteiger partial charge in [0.25, 0.3) is 5.91 Å². The van der Waals surface area contributed by atoms with Crippen LogP contribution >= 0.6 is 11.3 Å². The van der Waals surface area contributed by atoms with Gasteiger partial charge in [0.2, 0.25) is 0 Å². The Labute approximate surface area is 136 Å². The van der Waals surface area contributed by atoms with E-state index < -0.39 is 0 Å². The van der Waals surface area contributed by atoms with Gasteiger partial charge in [-0.2, -0.15) is 0 Å². The molecule has 8 heteroatoms. The molecule has 2 aromatic heterocycles. The lowest BCUT2D eigenvalue weighted by Crippen LogP contribution is -2.25. The number of benzene rings is 1. The number of aromatic nitrogens is 4. The maximum absolute atomic E-state index is 13.7. The van der Waals surface area contributed by atoms with Crippen LogP contribution in [0.25, 0.3) is 10.6 Å². The summed E-state index contributed by atoms with van der Waals surface area (Å²) in [4.78, 5) is 16.7. The van der Waals surface area contributed by atoms with E-state index in [0.29, 0.717) is 28.4 Å². The number of hydrogen-bond acceptors (Lipinski definition) is 5. The fourth-order valence-electron chi connectivity index (χ4n) is 2.05. The van der Waals surface area contributed by atoms with Crippen molar-refractivity contribution in [1.82, 2.24) is 25.1 Å². The van der Waals surface area contributed by atoms with Crippen molar-refractivity contribution in [3.63, 3.8) is 0 Å². The second-order valence-electron chi connectivity index (χ2n) is 4.87. The minimum atomic E-state index is -0.351. The van der Waals surface area contributed by atoms with Crippen molar-refractivity contribution < 1.29 is 9.18 Å². The SMILES string of the molecule is Cn1cnnc1CCNC(=O)c1cnc(-c2ccccc2F)s1. The van der Waals surface area contributed by atoms with Crippen LogP contribution in [0.1, 0.15) is 15.5 Å². The molecule has 0 saturated heterocycles. The minimum absolute atomic E-state index is 0.229. The van der Waals surface area contributed by atoms with E-state index >= 15 is 0 Å². The van der Waals surface area contributed by atoms with Gasteiger partial charge in [-0.05, 0) is 12.1 Å². The lowest BCUT2D eigenvalue weighted by Gasteiger charge is -2.02. The third-order valence-corrected chi connectivity index (χ3v) is 4.30. The van der Waals surface area contributed by atoms with Gasteiger partial charge in [0, 0.05) is 25.6 Å². The topological polar surface area (TPSA) is 72.7 Å². The number of nitrogens with zero attached hydrogens (tertiary/aromatic N) is 4. The van der Waals surface area contributed by atoms with Crippen LogP contribution in [-0.2, 0) is 13.5 Å². The molecule has 0 spiro atoms. The van der Waals surface area contributed by atoms with E-state index in [0.717, 1.165) is 17.2 Å². The van der Waals surface area contributed by atoms with E-state index in [2.05, 4.69) is 20.5 Å². The lowest BCUT2D eigenvalue weighted by molar-refractivity contribution is 0.0957. The smallest absolute Gasteiger partial charge is 0.263 e. The summed E-state index contributed by atoms with van der Waals surface area (Å²) < 4.78 is 15.5. The van der Waals surface area contributed by atoms with Gasteiger partial charge in [-0.1, -0.05) is 12.1 Å². The molecular weight excluding hydrogens is 317 g/mol. The zero-order valence-electron chi connectivity index (χ0n) is 12.4. The van der Waals surface area contributed by atoms with E-state index in [1.807, 2.05) is 7.05 Å². The van der Waals surface area contributed by atoms with Gasteiger partial charge in [-0.3, -0.25) is 4.79 Å². The van der Waals surface area contributed by atoms with Crippen molar-refractivity contribution >= 4 is 17.2 Å². The Bertz CT molecular complexity index is 829. The molecule has 0 unspecified atom stereocenters. The molecular formula is C15H14FN5OS. The van der Waals surface area contributed by atoms with Gasteiger partial charge in [0.1, 0.15) is 27.9 Å². The molecule has 0 radical (unpaired) electrons. The summed E-state index contributed by atoms with van der Waals surface area (Å²) in [6.45, 7) is 0.443. The molecule has 1 amide bonds. The standard InChI is InChI=1S/C15H14FN5OS/c1-21-9-19-20-13(21)6-7-17-14(22)12-8-18-15(23-12)10-4-2-3-5-11(10)16/h2-5,8-9H,6-7H2,1H3,(H,17,22). The molecule has 0 atom stereocenters. The highest BCUT2D eigenvalue weighted by atomic mass is 32.1. The van der Waals surface area contributed by atoms with Crippen LogP contribution < -0.4 is 5.32 Å². The number of carbonyl (C=O) groups excluding carboxylic acids is 1. The summed E-state index contributed by atoms with van der Waals surface area (Å²) in [5.41, 5.74) is 0.399. The highest BCUT2D eigenvalue weighted by molar-refractivity contribution is 7.16. The highest BCUT2D eigenvalue weighted by Gasteiger charge is 2.13. The Morgan fingerprint density at radius 1 is 1.39 bits per heavy atom. The third kappa shape index (κ3) is 3.42. The van der Waals surface area contributed by atoms with E-state index in [9.17, 15) is 9.18 Å². The molecule has 0 saturated carbocycles. The first kappa shape index (κ1) is 15.3. The normalized spacial score (nSPS) is 10.7. The molecule has 118 valence electrons. The van der Waals surface area contributed by atoms with E-state index in [1.54, 1.807) is 29.1 Å². The van der Waals surface area contributed by atoms with Gasteiger partial charge >= 0.3 is 0 Å². The first-order chi connectivity index (χ1) is 11.1. The predicted molar refractivity (Wildman–Crippen MR) is 84.5 cm³/mol. The zero-order valence-corrected chi connectivity index (χ0v) is 13.2. The van der Waals surface area contributed by atoms with Crippen LogP contribution in [0, 0.1) is 5.82 Å². The van der Waals surface area contributed by atoms with Gasteiger partial charge < -0.3 is 9.88 Å². The Balaban J connectivity index is 1.63. The first-order valence-electron chi connectivity index (χ1n) is 6.97. The Kier molecular flexibility index (Phi) is 4.42. The highest BCUT2D eigenvalue weighted by Crippen LogP contribution is 2.27. The number of hydrogen-bond donors (Lipinski definition) is 1. The van der Waals surface area contributed by atoms with Crippen molar-refractivity contribution in [2.75, 3.05) is 6.54 Å². The molecule has 3 rings (SSSR count). The molecule has 0 aliphatic heterocycles. The molecule has 2 heterocycles. The van der Waals surface area contributed by atoms with Gasteiger partial charge in [0.15, 0.2) is 0 Å². The Morgan fingerprint density at radius 3 is 2.96 bits per heavy atom. The fourth-order valence-corrected chi connectivity index (χ4v) is 2.91. The number of nitrogens with one attached hydrogen (secondary N) is 1. The fraction of sp³-hybridized carbons (Fsp3) is 0.200. The summed E-state index contributed by atoms with van der Waals surface area (Å²) in [5, 5.41) is 11.0. The summed E-state index contributed by atoms with van der Waals surface area (Å²) >= 11 is 1.16. The third-order valence-electron chi connectivity index (χ3n) is 3.27. The van der Waals surface area contributed by atoms with Crippen LogP contribution in [0.2, 0.25) is 0 Å². The number of thiazole rings is 1. The van der Waals surface area contributed by atoms with Crippen molar-refractivity contribution in [2.24, 2.45) is 7.05 Å². The van der Waals surface area contributed by atoms with E-state index in [-0.39, 0.29) is 11.7 Å². The molecule has 0 aliphatic carbocycles. The molecule has 3 aromatic rings. The second kappa shape index (κ2) is 6.66. The molecule has 0 fully saturated rings. The van der Waals surface area contributed by atoms with Crippen LogP contribution in [0.15, 0.2) is 36.8 Å². The molecule has 23 heavy (non-hydrogen) atoms. The molecule has 1 aromatic carbocycles. The number of aryl methyl sites for hydroxylation is 1. The summed E-state index contributed by atoms with van der Waals surface area (Å²) in [7, 11) is 1.85. The average molecular weight is 331 g/mol. The number of halogens is 1. The van der Waals surface area contributed by atoms with Crippen LogP contribution in [0.5, 0.6) is 0 Å². The lowest BCUT2D eigenvalue weighted by atomic mass is 10.2. The first-order valence-corrected chi connectivity index (χ1v) is 7.78. The van der Waals surface area contributed by atoms with Gasteiger partial charge in [0.05, 0.1) is 6.20 Å². The van der Waals surface area contributed by atoms with Crippen molar-refractivity contribution in [3.05, 3.63) is 53.3 Å². The molecule has 6 nitrogen and oxygen atoms in total. The van der Waals surface area contributed by atoms with Crippen LogP contribution in [0.3, 0.4) is 0 Å². The van der Waals surface area contributed by atoms with Crippen molar-refractivity contribution in [2.45, 2.75) is 6.42 Å². The van der Waals surface area contributed by atoms with Crippen molar-refractivity contribution in [1.29, 1.82) is 0 Å². The summed E-state index contributed by atoms with van der Waals surface area (Å²) in [6, 6.07) is 6.37. The Morgan fingerprint density at radius 2 is 2.22 bits per heavy atom. The zero-order chi connectivity index (χ0) is 16.2. The molecule has 0 bridgehead atoms. The molecule has 1 N–H and O–H groups in total. The largest absolute Gasteiger partial charge is 0.351 e. The second-order valence-corrected chi connectivity index (χ2v) is 5.90. The van der Waals surface area contributed by atoms with E-state index in [1.165, 1.54) is 12.3 Å². The number of carbonyl (C=O) groups is 1. The number of rotatable bonds is 5. The molecule has 0 aliphatic rings. The monoisotopic (exact) mass is 331 g/mol. The van der Waals surface area contributed by atoms with Crippen LogP contribution in [0.4, 0.5) is 4.39 Å². The number of amides is 1. The van der Waals surface area contributed by atoms with Gasteiger partial charge in [-0.15, -0.1) is 21.5 Å². The summed E-state index contributed by atoms with van der Waals surface area (Å²) in [5.74, 6) is 0.213.